The van der Waals surface area contributed by atoms with Crippen LogP contribution >= 0.6 is 0 Å². The fourth-order valence-electron chi connectivity index (χ4n) is 1.48. The Bertz CT molecular complexity index is 482. The summed E-state index contributed by atoms with van der Waals surface area (Å²) in [5, 5.41) is 10.9. The standard InChI is InChI=1S/C12H15N3O2/c1-9-5-3-4-6-10(9)11-14-15-12(17-11)13-7-8-16-2/h3-6H,7-8H2,1-2H3,(H,13,15). The maximum Gasteiger partial charge on any atom is 0.315 e. The van der Waals surface area contributed by atoms with Gasteiger partial charge in [-0.15, -0.1) is 5.10 Å². The van der Waals surface area contributed by atoms with Crippen LogP contribution in [0, 0.1) is 6.92 Å². The molecule has 1 N–H and O–H groups in total. The van der Waals surface area contributed by atoms with E-state index in [4.69, 9.17) is 9.15 Å². The minimum atomic E-state index is 0.417. The molecule has 90 valence electrons. The molecule has 0 atom stereocenters. The topological polar surface area (TPSA) is 60.2 Å². The van der Waals surface area contributed by atoms with Crippen LogP contribution in [0.1, 0.15) is 5.56 Å². The largest absolute Gasteiger partial charge is 0.403 e. The van der Waals surface area contributed by atoms with Crippen molar-refractivity contribution in [3.8, 4) is 11.5 Å². The molecule has 2 aromatic rings. The van der Waals surface area contributed by atoms with E-state index in [0.717, 1.165) is 11.1 Å². The Morgan fingerprint density at radius 1 is 1.29 bits per heavy atom. The molecule has 5 nitrogen and oxygen atoms in total. The zero-order valence-electron chi connectivity index (χ0n) is 9.93. The number of ether oxygens (including phenoxy) is 1. The minimum Gasteiger partial charge on any atom is -0.403 e. The number of hydrogen-bond acceptors (Lipinski definition) is 5. The van der Waals surface area contributed by atoms with Crippen molar-refractivity contribution in [2.24, 2.45) is 0 Å². The second kappa shape index (κ2) is 5.45. The third-order valence-corrected chi connectivity index (χ3v) is 2.38. The lowest BCUT2D eigenvalue weighted by atomic mass is 10.1. The summed E-state index contributed by atoms with van der Waals surface area (Å²) in [6, 6.07) is 8.32. The van der Waals surface area contributed by atoms with Gasteiger partial charge in [0.2, 0.25) is 5.89 Å². The second-order valence-electron chi connectivity index (χ2n) is 3.65. The Hall–Kier alpha value is -1.88. The molecular formula is C12H15N3O2. The van der Waals surface area contributed by atoms with Crippen LogP contribution in [-0.4, -0.2) is 30.5 Å². The minimum absolute atomic E-state index is 0.417. The summed E-state index contributed by atoms with van der Waals surface area (Å²) in [7, 11) is 1.65. The van der Waals surface area contributed by atoms with E-state index in [9.17, 15) is 0 Å². The normalized spacial score (nSPS) is 10.5. The fourth-order valence-corrected chi connectivity index (χ4v) is 1.48. The number of hydrogen-bond donors (Lipinski definition) is 1. The molecular weight excluding hydrogens is 218 g/mol. The fraction of sp³-hybridized carbons (Fsp3) is 0.333. The highest BCUT2D eigenvalue weighted by atomic mass is 16.5. The van der Waals surface area contributed by atoms with E-state index in [1.807, 2.05) is 31.2 Å². The van der Waals surface area contributed by atoms with Gasteiger partial charge < -0.3 is 14.5 Å². The smallest absolute Gasteiger partial charge is 0.315 e. The summed E-state index contributed by atoms with van der Waals surface area (Å²) in [4.78, 5) is 0. The molecule has 0 aliphatic rings. The Morgan fingerprint density at radius 3 is 2.88 bits per heavy atom. The molecule has 17 heavy (non-hydrogen) atoms. The number of methoxy groups -OCH3 is 1. The van der Waals surface area contributed by atoms with Crippen molar-refractivity contribution in [2.75, 3.05) is 25.6 Å². The van der Waals surface area contributed by atoms with Crippen molar-refractivity contribution in [3.05, 3.63) is 29.8 Å². The van der Waals surface area contributed by atoms with Gasteiger partial charge >= 0.3 is 6.01 Å². The highest BCUT2D eigenvalue weighted by molar-refractivity contribution is 5.58. The van der Waals surface area contributed by atoms with Crippen LogP contribution in [0.3, 0.4) is 0 Å². The van der Waals surface area contributed by atoms with Crippen molar-refractivity contribution in [2.45, 2.75) is 6.92 Å². The average molecular weight is 233 g/mol. The lowest BCUT2D eigenvalue weighted by Crippen LogP contribution is -2.07. The summed E-state index contributed by atoms with van der Waals surface area (Å²) in [5.74, 6) is 0.531. The second-order valence-corrected chi connectivity index (χ2v) is 3.65. The summed E-state index contributed by atoms with van der Waals surface area (Å²) in [6.07, 6.45) is 0. The van der Waals surface area contributed by atoms with Gasteiger partial charge in [-0.05, 0) is 18.6 Å². The van der Waals surface area contributed by atoms with Gasteiger partial charge in [-0.3, -0.25) is 0 Å². The van der Waals surface area contributed by atoms with E-state index in [2.05, 4.69) is 15.5 Å². The lowest BCUT2D eigenvalue weighted by Gasteiger charge is -2.00. The first-order chi connectivity index (χ1) is 8.31. The molecule has 1 aromatic heterocycles. The van der Waals surface area contributed by atoms with E-state index in [0.29, 0.717) is 25.1 Å². The van der Waals surface area contributed by atoms with Crippen LogP contribution in [0.4, 0.5) is 6.01 Å². The van der Waals surface area contributed by atoms with Crippen LogP contribution in [0.15, 0.2) is 28.7 Å². The molecule has 0 saturated heterocycles. The molecule has 0 saturated carbocycles. The molecule has 5 heteroatoms. The van der Waals surface area contributed by atoms with Crippen LogP contribution < -0.4 is 5.32 Å². The first-order valence-electron chi connectivity index (χ1n) is 5.43. The van der Waals surface area contributed by atoms with Gasteiger partial charge in [0.1, 0.15) is 0 Å². The van der Waals surface area contributed by atoms with Gasteiger partial charge in [-0.1, -0.05) is 23.3 Å². The highest BCUT2D eigenvalue weighted by Crippen LogP contribution is 2.22. The van der Waals surface area contributed by atoms with E-state index in [1.165, 1.54) is 0 Å². The van der Waals surface area contributed by atoms with Crippen molar-refractivity contribution >= 4 is 6.01 Å². The van der Waals surface area contributed by atoms with Gasteiger partial charge in [0.15, 0.2) is 0 Å². The zero-order chi connectivity index (χ0) is 12.1. The summed E-state index contributed by atoms with van der Waals surface area (Å²) in [6.45, 7) is 3.26. The molecule has 0 amide bonds. The SMILES string of the molecule is COCCNc1nnc(-c2ccccc2C)o1. The molecule has 1 aromatic carbocycles. The number of aromatic nitrogens is 2. The number of rotatable bonds is 5. The zero-order valence-corrected chi connectivity index (χ0v) is 9.93. The number of nitrogens with zero attached hydrogens (tertiary/aromatic N) is 2. The number of anilines is 1. The van der Waals surface area contributed by atoms with Gasteiger partial charge in [0, 0.05) is 19.2 Å². The van der Waals surface area contributed by atoms with E-state index < -0.39 is 0 Å². The van der Waals surface area contributed by atoms with E-state index in [1.54, 1.807) is 7.11 Å². The van der Waals surface area contributed by atoms with Gasteiger partial charge in [-0.2, -0.15) is 0 Å². The average Bonchev–Trinajstić information content (AvgIpc) is 2.79. The van der Waals surface area contributed by atoms with Crippen molar-refractivity contribution in [1.29, 1.82) is 0 Å². The predicted molar refractivity (Wildman–Crippen MR) is 64.8 cm³/mol. The molecule has 0 fully saturated rings. The van der Waals surface area contributed by atoms with E-state index in [-0.39, 0.29) is 0 Å². The quantitative estimate of drug-likeness (QED) is 0.801. The Kier molecular flexibility index (Phi) is 3.72. The van der Waals surface area contributed by atoms with Crippen molar-refractivity contribution in [3.63, 3.8) is 0 Å². The van der Waals surface area contributed by atoms with Crippen LogP contribution in [0.2, 0.25) is 0 Å². The molecule has 0 unspecified atom stereocenters. The predicted octanol–water partition coefficient (Wildman–Crippen LogP) is 2.10. The van der Waals surface area contributed by atoms with Crippen LogP contribution in [0.5, 0.6) is 0 Å². The summed E-state index contributed by atoms with van der Waals surface area (Å²) in [5.41, 5.74) is 2.07. The van der Waals surface area contributed by atoms with Crippen LogP contribution in [-0.2, 0) is 4.74 Å². The molecule has 0 aliphatic heterocycles. The third-order valence-electron chi connectivity index (χ3n) is 2.38. The Balaban J connectivity index is 2.10. The summed E-state index contributed by atoms with van der Waals surface area (Å²) >= 11 is 0. The van der Waals surface area contributed by atoms with E-state index >= 15 is 0 Å². The summed E-state index contributed by atoms with van der Waals surface area (Å²) < 4.78 is 10.4. The molecule has 0 bridgehead atoms. The highest BCUT2D eigenvalue weighted by Gasteiger charge is 2.09. The first kappa shape index (κ1) is 11.6. The molecule has 2 rings (SSSR count). The third kappa shape index (κ3) is 2.82. The number of nitrogens with one attached hydrogen (secondary N) is 1. The van der Waals surface area contributed by atoms with Gasteiger partial charge in [0.05, 0.1) is 6.61 Å². The first-order valence-corrected chi connectivity index (χ1v) is 5.43. The molecule has 0 radical (unpaired) electrons. The maximum atomic E-state index is 5.51. The maximum absolute atomic E-state index is 5.51. The monoisotopic (exact) mass is 233 g/mol. The van der Waals surface area contributed by atoms with Crippen molar-refractivity contribution < 1.29 is 9.15 Å². The molecule has 0 spiro atoms. The van der Waals surface area contributed by atoms with Gasteiger partial charge in [0.25, 0.3) is 0 Å². The number of aryl methyl sites for hydroxylation is 1. The molecule has 0 aliphatic carbocycles. The van der Waals surface area contributed by atoms with Crippen LogP contribution in [0.25, 0.3) is 11.5 Å². The van der Waals surface area contributed by atoms with Gasteiger partial charge in [-0.25, -0.2) is 0 Å². The lowest BCUT2D eigenvalue weighted by molar-refractivity contribution is 0.210. The number of benzene rings is 1. The van der Waals surface area contributed by atoms with Crippen molar-refractivity contribution in [1.82, 2.24) is 10.2 Å². The Labute approximate surface area is 99.8 Å². The molecule has 1 heterocycles. The Morgan fingerprint density at radius 2 is 2.12 bits per heavy atom.